The summed E-state index contributed by atoms with van der Waals surface area (Å²) in [7, 11) is 0.718. The summed E-state index contributed by atoms with van der Waals surface area (Å²) in [5.74, 6) is -0.172. The molecule has 0 unspecified atom stereocenters. The molecule has 0 N–H and O–H groups in total. The van der Waals surface area contributed by atoms with Crippen molar-refractivity contribution >= 4 is 13.3 Å². The van der Waals surface area contributed by atoms with Gasteiger partial charge in [0.2, 0.25) is 5.69 Å². The maximum atomic E-state index is 14.6. The van der Waals surface area contributed by atoms with Crippen LogP contribution in [0.25, 0.3) is 22.4 Å². The summed E-state index contributed by atoms with van der Waals surface area (Å²) in [6, 6.07) is 17.8. The molecule has 0 spiro atoms. The number of rotatable bonds is 3. The van der Waals surface area contributed by atoms with Crippen molar-refractivity contribution in [3.05, 3.63) is 72.2 Å². The van der Waals surface area contributed by atoms with Crippen LogP contribution in [0.2, 0.25) is 19.6 Å². The molecule has 25 heavy (non-hydrogen) atoms. The zero-order valence-electron chi connectivity index (χ0n) is 15.6. The van der Waals surface area contributed by atoms with Crippen LogP contribution < -0.4 is 9.75 Å². The van der Waals surface area contributed by atoms with Crippen molar-refractivity contribution in [3.8, 4) is 22.4 Å². The molecule has 0 fully saturated rings. The molecule has 0 saturated carbocycles. The number of aromatic nitrogens is 1. The Morgan fingerprint density at radius 3 is 2.16 bits per heavy atom. The highest BCUT2D eigenvalue weighted by Crippen LogP contribution is 2.30. The highest BCUT2D eigenvalue weighted by Gasteiger charge is 2.22. The zero-order valence-corrected chi connectivity index (χ0v) is 16.6. The van der Waals surface area contributed by atoms with Crippen molar-refractivity contribution in [2.45, 2.75) is 26.6 Å². The molecule has 0 aliphatic carbocycles. The second-order valence-corrected chi connectivity index (χ2v) is 12.8. The summed E-state index contributed by atoms with van der Waals surface area (Å²) in [5, 5.41) is 1.42. The Balaban J connectivity index is 2.15. The van der Waals surface area contributed by atoms with Crippen LogP contribution >= 0.6 is 0 Å². The molecule has 3 heteroatoms. The molecule has 0 bridgehead atoms. The third-order valence-corrected chi connectivity index (χ3v) is 6.70. The van der Waals surface area contributed by atoms with Gasteiger partial charge in [-0.25, -0.2) is 8.96 Å². The summed E-state index contributed by atoms with van der Waals surface area (Å²) in [6.07, 6.45) is 2.23. The third kappa shape index (κ3) is 3.56. The first-order valence-corrected chi connectivity index (χ1v) is 12.1. The van der Waals surface area contributed by atoms with Gasteiger partial charge in [0.15, 0.2) is 6.20 Å². The Morgan fingerprint density at radius 2 is 1.56 bits per heavy atom. The second kappa shape index (κ2) is 6.56. The van der Waals surface area contributed by atoms with E-state index < -0.39 is 8.07 Å². The molecular weight excluding hydrogens is 325 g/mol. The smallest absolute Gasteiger partial charge is 0.206 e. The normalized spacial score (nSPS) is 11.6. The van der Waals surface area contributed by atoms with E-state index in [1.165, 1.54) is 5.19 Å². The van der Waals surface area contributed by atoms with E-state index in [0.717, 1.165) is 22.4 Å². The van der Waals surface area contributed by atoms with Gasteiger partial charge < -0.3 is 0 Å². The number of pyridine rings is 1. The fourth-order valence-electron chi connectivity index (χ4n) is 3.12. The van der Waals surface area contributed by atoms with Crippen LogP contribution in [-0.4, -0.2) is 8.07 Å². The molecular formula is C22H25FNSi+. The lowest BCUT2D eigenvalue weighted by atomic mass is 9.97. The monoisotopic (exact) mass is 350 g/mol. The zero-order chi connectivity index (χ0) is 18.2. The highest BCUT2D eigenvalue weighted by molar-refractivity contribution is 6.88. The minimum Gasteiger partial charge on any atom is -0.206 e. The average molecular weight is 351 g/mol. The number of hydrogen-bond acceptors (Lipinski definition) is 0. The van der Waals surface area contributed by atoms with Crippen molar-refractivity contribution in [2.24, 2.45) is 7.05 Å². The lowest BCUT2D eigenvalue weighted by molar-refractivity contribution is -0.659. The lowest BCUT2D eigenvalue weighted by Crippen LogP contribution is -2.44. The van der Waals surface area contributed by atoms with Crippen molar-refractivity contribution in [1.29, 1.82) is 0 Å². The number of benzene rings is 2. The summed E-state index contributed by atoms with van der Waals surface area (Å²) < 4.78 is 16.7. The van der Waals surface area contributed by atoms with E-state index in [-0.39, 0.29) is 5.82 Å². The summed E-state index contributed by atoms with van der Waals surface area (Å²) >= 11 is 0. The molecule has 1 heterocycles. The topological polar surface area (TPSA) is 3.88 Å². The van der Waals surface area contributed by atoms with Crippen LogP contribution in [0, 0.1) is 12.7 Å². The molecule has 1 aromatic heterocycles. The molecule has 0 saturated heterocycles. The summed E-state index contributed by atoms with van der Waals surface area (Å²) in [5.41, 5.74) is 4.69. The SMILES string of the molecule is Cc1cc(F)c(-c2ccccc2)cc1-c1ccc([Si](C)(C)C)c[n+]1C. The van der Waals surface area contributed by atoms with Gasteiger partial charge in [0.25, 0.3) is 0 Å². The van der Waals surface area contributed by atoms with Crippen molar-refractivity contribution < 1.29 is 8.96 Å². The van der Waals surface area contributed by atoms with Gasteiger partial charge in [-0.2, -0.15) is 0 Å². The molecule has 0 atom stereocenters. The van der Waals surface area contributed by atoms with Gasteiger partial charge >= 0.3 is 0 Å². The molecule has 3 aromatic rings. The van der Waals surface area contributed by atoms with Gasteiger partial charge in [0.05, 0.1) is 8.07 Å². The molecule has 0 aliphatic heterocycles. The van der Waals surface area contributed by atoms with Gasteiger partial charge in [0, 0.05) is 22.4 Å². The van der Waals surface area contributed by atoms with Crippen LogP contribution in [0.4, 0.5) is 4.39 Å². The van der Waals surface area contributed by atoms with Crippen LogP contribution in [-0.2, 0) is 7.05 Å². The van der Waals surface area contributed by atoms with Gasteiger partial charge in [-0.15, -0.1) is 0 Å². The standard InChI is InChI=1S/C22H25FNSi/c1-16-13-21(23)20(17-9-7-6-8-10-17)14-19(16)22-12-11-18(15-24(22)2)25(3,4)5/h6-15H,1-5H3/q+1. The van der Waals surface area contributed by atoms with E-state index in [4.69, 9.17) is 0 Å². The van der Waals surface area contributed by atoms with E-state index in [1.807, 2.05) is 43.3 Å². The molecule has 3 rings (SSSR count). The first kappa shape index (κ1) is 17.6. The van der Waals surface area contributed by atoms with Gasteiger partial charge in [-0.1, -0.05) is 56.0 Å². The van der Waals surface area contributed by atoms with Crippen molar-refractivity contribution in [2.75, 3.05) is 0 Å². The van der Waals surface area contributed by atoms with Crippen LogP contribution in [0.15, 0.2) is 60.8 Å². The summed E-state index contributed by atoms with van der Waals surface area (Å²) in [4.78, 5) is 0. The number of aryl methyl sites for hydroxylation is 2. The number of halogens is 1. The van der Waals surface area contributed by atoms with Crippen LogP contribution in [0.1, 0.15) is 5.56 Å². The first-order valence-electron chi connectivity index (χ1n) is 8.63. The largest absolute Gasteiger partial charge is 0.212 e. The molecule has 0 radical (unpaired) electrons. The minimum absolute atomic E-state index is 0.172. The Bertz CT molecular complexity index is 911. The fraction of sp³-hybridized carbons (Fsp3) is 0.227. The van der Waals surface area contributed by atoms with E-state index in [9.17, 15) is 4.39 Å². The van der Waals surface area contributed by atoms with E-state index in [0.29, 0.717) is 5.56 Å². The Labute approximate surface area is 150 Å². The molecule has 0 amide bonds. The predicted molar refractivity (Wildman–Crippen MR) is 106 cm³/mol. The average Bonchev–Trinajstić information content (AvgIpc) is 2.55. The predicted octanol–water partition coefficient (Wildman–Crippen LogP) is 4.84. The maximum Gasteiger partial charge on any atom is 0.212 e. The van der Waals surface area contributed by atoms with E-state index in [1.54, 1.807) is 6.07 Å². The first-order chi connectivity index (χ1) is 11.8. The number of nitrogens with zero attached hydrogens (tertiary/aromatic N) is 1. The lowest BCUT2D eigenvalue weighted by Gasteiger charge is -2.16. The fourth-order valence-corrected chi connectivity index (χ4v) is 4.28. The highest BCUT2D eigenvalue weighted by atomic mass is 28.3. The molecule has 1 nitrogen and oxygen atoms in total. The Hall–Kier alpha value is -2.26. The van der Waals surface area contributed by atoms with Crippen LogP contribution in [0.5, 0.6) is 0 Å². The number of hydrogen-bond donors (Lipinski definition) is 0. The van der Waals surface area contributed by atoms with Gasteiger partial charge in [-0.05, 0) is 30.2 Å². The van der Waals surface area contributed by atoms with Crippen LogP contribution in [0.3, 0.4) is 0 Å². The quantitative estimate of drug-likeness (QED) is 0.470. The van der Waals surface area contributed by atoms with E-state index in [2.05, 4.69) is 49.6 Å². The molecule has 2 aromatic carbocycles. The third-order valence-electron chi connectivity index (χ3n) is 4.67. The Morgan fingerprint density at radius 1 is 0.880 bits per heavy atom. The van der Waals surface area contributed by atoms with Gasteiger partial charge in [0.1, 0.15) is 12.9 Å². The molecule has 128 valence electrons. The van der Waals surface area contributed by atoms with Crippen molar-refractivity contribution in [3.63, 3.8) is 0 Å². The second-order valence-electron chi connectivity index (χ2n) is 7.68. The molecule has 0 aliphatic rings. The maximum absolute atomic E-state index is 14.6. The minimum atomic E-state index is -1.36. The van der Waals surface area contributed by atoms with Crippen molar-refractivity contribution in [1.82, 2.24) is 0 Å². The Kier molecular flexibility index (Phi) is 4.61. The van der Waals surface area contributed by atoms with Gasteiger partial charge in [-0.3, -0.25) is 0 Å². The summed E-state index contributed by atoms with van der Waals surface area (Å²) in [6.45, 7) is 9.01. The van der Waals surface area contributed by atoms with E-state index >= 15 is 0 Å².